The molecule has 1 saturated heterocycles. The third-order valence-corrected chi connectivity index (χ3v) is 18.9. The molecule has 1 fully saturated rings. The van der Waals surface area contributed by atoms with Crippen molar-refractivity contribution in [2.24, 2.45) is 41.2 Å². The van der Waals surface area contributed by atoms with Gasteiger partial charge in [-0.05, 0) is 107 Å². The number of Topliss-reactive ketones (excluding diaryl/α,β-unsaturated/α-hetero) is 3. The van der Waals surface area contributed by atoms with Crippen molar-refractivity contribution in [2.75, 3.05) is 32.9 Å². The predicted molar refractivity (Wildman–Crippen MR) is 341 cm³/mol. The number of carbonyl (C=O) groups is 11. The Kier molecular flexibility index (Phi) is 34.0. The summed E-state index contributed by atoms with van der Waals surface area (Å²) in [4.78, 5) is 156. The maximum absolute atomic E-state index is 14.9. The molecule has 2 aliphatic heterocycles. The molecule has 0 saturated carbocycles. The van der Waals surface area contributed by atoms with Crippen molar-refractivity contribution in [3.8, 4) is 0 Å². The van der Waals surface area contributed by atoms with E-state index in [9.17, 15) is 57.8 Å². The summed E-state index contributed by atoms with van der Waals surface area (Å²) in [6.07, 6.45) is 9.86. The number of piperidine rings is 1. The summed E-state index contributed by atoms with van der Waals surface area (Å²) in [5, 5.41) is 17.8. The number of benzene rings is 1. The zero-order chi connectivity index (χ0) is 65.4. The zero-order valence-corrected chi connectivity index (χ0v) is 57.4. The fraction of sp³-hybridized carbons (Fsp3) is 0.667. The summed E-state index contributed by atoms with van der Waals surface area (Å²) in [5.74, 6) is -6.66. The molecule has 2 aromatic rings. The van der Waals surface area contributed by atoms with Crippen LogP contribution >= 0.6 is 23.1 Å². The Morgan fingerprint density at radius 1 is 0.865 bits per heavy atom. The molecule has 9 atom stereocenters. The number of primary amides is 1. The standard InChI is InChI=1S/C66H99N7O13S2.V/c1-12-29-72(64(82)50(42(7)13-2)36-56(77)53-23-18-20-30-71(53)10)54(41(5)6)37-57(86-44(9)74)63-70-52(39-88-63)62(81)68-47(32-43(8)66(84)85)33-45-25-27-46(28-26-45)34-55(76)51(22-16-17-24-59(67)78)69-61(80)49(40(3)4)35-48(75)21-15-14-19-31-73-60(79)38-58(87-11)65(73)83;/h25-28,38-43,47,49-51,53-54,57H,12-24,29-37H2,1-11H3,(H2,67,78)(H,68,81)(H,69,80)(H,84,85);/t42-,43-,47+,49-,50-,51-,53+,54+,57+;/m0./s1. The summed E-state index contributed by atoms with van der Waals surface area (Å²) >= 11 is 2.36. The van der Waals surface area contributed by atoms with Crippen molar-refractivity contribution in [3.63, 3.8) is 0 Å². The van der Waals surface area contributed by atoms with Crippen LogP contribution in [0.3, 0.4) is 0 Å². The first-order valence-corrected chi connectivity index (χ1v) is 33.8. The van der Waals surface area contributed by atoms with Crippen LogP contribution in [0.2, 0.25) is 0 Å². The van der Waals surface area contributed by atoms with Gasteiger partial charge in [0.05, 0.1) is 22.9 Å². The van der Waals surface area contributed by atoms with Gasteiger partial charge in [-0.2, -0.15) is 0 Å². The minimum Gasteiger partial charge on any atom is -0.481 e. The van der Waals surface area contributed by atoms with E-state index in [-0.39, 0.29) is 147 Å². The van der Waals surface area contributed by atoms with Gasteiger partial charge in [0.25, 0.3) is 17.7 Å². The smallest absolute Gasteiger partial charge is 0.306 e. The average molecular weight is 1310 g/mol. The summed E-state index contributed by atoms with van der Waals surface area (Å²) in [6, 6.07) is 4.84. The van der Waals surface area contributed by atoms with Crippen LogP contribution < -0.4 is 16.4 Å². The molecular formula is C66H99N7O13S2V. The Morgan fingerprint density at radius 3 is 2.12 bits per heavy atom. The number of aliphatic carboxylic acids is 1. The van der Waals surface area contributed by atoms with Crippen molar-refractivity contribution in [1.29, 1.82) is 0 Å². The van der Waals surface area contributed by atoms with Crippen LogP contribution in [0.15, 0.2) is 40.6 Å². The fourth-order valence-corrected chi connectivity index (χ4v) is 13.0. The molecule has 89 heavy (non-hydrogen) atoms. The number of esters is 1. The van der Waals surface area contributed by atoms with Crippen LogP contribution in [-0.4, -0.2) is 147 Å². The number of likely N-dealkylation sites (tertiary alicyclic amines) is 1. The molecular weight excluding hydrogens is 1210 g/mol. The van der Waals surface area contributed by atoms with Gasteiger partial charge < -0.3 is 31.1 Å². The predicted octanol–water partition coefficient (Wildman–Crippen LogP) is 9.01. The van der Waals surface area contributed by atoms with Crippen LogP contribution in [0.4, 0.5) is 0 Å². The molecule has 1 aromatic heterocycles. The van der Waals surface area contributed by atoms with Gasteiger partial charge in [0.15, 0.2) is 17.7 Å². The number of amides is 6. The van der Waals surface area contributed by atoms with Gasteiger partial charge >= 0.3 is 11.9 Å². The number of carboxylic acids is 1. The van der Waals surface area contributed by atoms with E-state index >= 15 is 0 Å². The van der Waals surface area contributed by atoms with E-state index < -0.39 is 71.6 Å². The second-order valence-electron chi connectivity index (χ2n) is 24.9. The van der Waals surface area contributed by atoms with Gasteiger partial charge in [-0.25, -0.2) is 4.98 Å². The number of ketones is 3. The molecule has 0 aliphatic carbocycles. The SMILES string of the molecule is CCCN(C(=O)[C@@H](CC(=O)[C@H]1CCCCN1C)[C@@H](C)CC)[C@H](C[C@@H](OC(C)=O)c1nc(C(=O)N[C@@H](Cc2ccc(CC(=O)[C@H](CCCCC(N)=O)NC(=O)[C@@H](CC(=O)CCCCCN3C(=O)C=C(SC)C3=O)C(C)C)cc2)C[C@H](C)C(=O)O)cs1)C(C)C.[V]. The number of hydrogen-bond donors (Lipinski definition) is 4. The van der Waals surface area contributed by atoms with Crippen molar-refractivity contribution < 1.29 is 81.1 Å². The van der Waals surface area contributed by atoms with Crippen molar-refractivity contribution in [3.05, 3.63) is 62.5 Å². The van der Waals surface area contributed by atoms with Gasteiger partial charge in [-0.3, -0.25) is 62.5 Å². The number of likely N-dealkylation sites (N-methyl/N-ethyl adjacent to an activating group) is 1. The Labute approximate surface area is 547 Å². The molecule has 6 amide bonds. The quantitative estimate of drug-likeness (QED) is 0.0274. The van der Waals surface area contributed by atoms with Crippen molar-refractivity contribution in [2.45, 2.75) is 215 Å². The van der Waals surface area contributed by atoms with Gasteiger partial charge in [0, 0.05) is 112 Å². The van der Waals surface area contributed by atoms with Crippen LogP contribution in [0, 0.1) is 35.5 Å². The number of unbranched alkanes of at least 4 members (excludes halogenated alkanes) is 3. The first-order valence-electron chi connectivity index (χ1n) is 31.7. The van der Waals surface area contributed by atoms with E-state index in [2.05, 4.69) is 20.5 Å². The fourth-order valence-electron chi connectivity index (χ4n) is 11.7. The molecule has 2 aliphatic rings. The molecule has 0 bridgehead atoms. The molecule has 5 N–H and O–H groups in total. The second-order valence-corrected chi connectivity index (χ2v) is 26.6. The van der Waals surface area contributed by atoms with Gasteiger partial charge in [0.2, 0.25) is 17.7 Å². The number of aromatic nitrogens is 1. The van der Waals surface area contributed by atoms with E-state index in [0.29, 0.717) is 67.0 Å². The number of imide groups is 1. The number of ether oxygens (including phenoxy) is 1. The van der Waals surface area contributed by atoms with E-state index in [1.807, 2.05) is 60.4 Å². The van der Waals surface area contributed by atoms with Gasteiger partial charge in [0.1, 0.15) is 16.5 Å². The van der Waals surface area contributed by atoms with Crippen LogP contribution in [0.5, 0.6) is 0 Å². The number of nitrogens with one attached hydrogen (secondary N) is 2. The van der Waals surface area contributed by atoms with E-state index in [1.165, 1.54) is 29.7 Å². The van der Waals surface area contributed by atoms with Crippen molar-refractivity contribution >= 4 is 87.8 Å². The Hall–Kier alpha value is -5.55. The molecule has 0 spiro atoms. The summed E-state index contributed by atoms with van der Waals surface area (Å²) in [5.41, 5.74) is 6.79. The summed E-state index contributed by atoms with van der Waals surface area (Å²) in [7, 11) is 1.97. The molecule has 3 heterocycles. The van der Waals surface area contributed by atoms with Gasteiger partial charge in [-0.1, -0.05) is 105 Å². The van der Waals surface area contributed by atoms with E-state index in [1.54, 1.807) is 42.8 Å². The largest absolute Gasteiger partial charge is 0.481 e. The Balaban J connectivity index is 0.0000207. The number of carbonyl (C=O) groups excluding carboxylic acids is 10. The van der Waals surface area contributed by atoms with Crippen molar-refractivity contribution in [1.82, 2.24) is 30.3 Å². The minimum atomic E-state index is -1.05. The first-order chi connectivity index (χ1) is 41.7. The van der Waals surface area contributed by atoms with E-state index in [0.717, 1.165) is 42.7 Å². The molecule has 493 valence electrons. The first kappa shape index (κ1) is 77.7. The maximum atomic E-state index is 14.9. The van der Waals surface area contributed by atoms with Crippen LogP contribution in [-0.2, 0) is 84.1 Å². The average Bonchev–Trinajstić information content (AvgIpc) is 4.34. The molecule has 23 heteroatoms. The van der Waals surface area contributed by atoms with Crippen LogP contribution in [0.25, 0.3) is 0 Å². The molecule has 1 aromatic carbocycles. The monoisotopic (exact) mass is 1310 g/mol. The third-order valence-electron chi connectivity index (χ3n) is 17.2. The number of thioether (sulfide) groups is 1. The number of rotatable bonds is 41. The van der Waals surface area contributed by atoms with E-state index in [4.69, 9.17) is 10.5 Å². The minimum absolute atomic E-state index is 0. The van der Waals surface area contributed by atoms with Gasteiger partial charge in [-0.15, -0.1) is 23.1 Å². The molecule has 0 unspecified atom stereocenters. The number of thiazole rings is 1. The normalized spacial score (nSPS) is 17.1. The number of nitrogens with two attached hydrogens (primary N) is 1. The molecule has 20 nitrogen and oxygen atoms in total. The zero-order valence-electron chi connectivity index (χ0n) is 54.3. The number of nitrogens with zero attached hydrogens (tertiary/aromatic N) is 4. The second kappa shape index (κ2) is 39.0. The van der Waals surface area contributed by atoms with Crippen LogP contribution in [0.1, 0.15) is 204 Å². The molecule has 4 rings (SSSR count). The summed E-state index contributed by atoms with van der Waals surface area (Å²) in [6.45, 7) is 18.1. The number of carboxylic acid groups (broad SMARTS) is 1. The molecule has 1 radical (unpaired) electrons. The maximum Gasteiger partial charge on any atom is 0.306 e. The summed E-state index contributed by atoms with van der Waals surface area (Å²) < 4.78 is 5.93. The third kappa shape index (κ3) is 24.9. The Morgan fingerprint density at radius 2 is 1.54 bits per heavy atom. The Bertz CT molecular complexity index is 2750. The number of hydrogen-bond acceptors (Lipinski definition) is 16. The topological polar surface area (TPSA) is 290 Å².